The number of aromatic nitrogens is 2. The van der Waals surface area contributed by atoms with Gasteiger partial charge in [0, 0.05) is 20.0 Å². The Morgan fingerprint density at radius 3 is 2.94 bits per heavy atom. The van der Waals surface area contributed by atoms with Crippen LogP contribution in [0.1, 0.15) is 30.6 Å². The minimum atomic E-state index is -3.12. The summed E-state index contributed by atoms with van der Waals surface area (Å²) in [5.74, 6) is 1.26. The van der Waals surface area contributed by atoms with Crippen LogP contribution < -0.4 is 4.72 Å². The summed E-state index contributed by atoms with van der Waals surface area (Å²) in [7, 11) is -3.12. The SMILES string of the molecule is Cc1nc([C@@H]2CCCN2CCNS(C)(=O)=O)no1. The fourth-order valence-corrected chi connectivity index (χ4v) is 2.67. The van der Waals surface area contributed by atoms with Crippen molar-refractivity contribution in [2.45, 2.75) is 25.8 Å². The lowest BCUT2D eigenvalue weighted by Crippen LogP contribution is -2.34. The van der Waals surface area contributed by atoms with E-state index in [0.29, 0.717) is 24.8 Å². The van der Waals surface area contributed by atoms with E-state index in [9.17, 15) is 8.42 Å². The van der Waals surface area contributed by atoms with Crippen molar-refractivity contribution in [3.63, 3.8) is 0 Å². The third-order valence-electron chi connectivity index (χ3n) is 2.97. The second-order valence-electron chi connectivity index (χ2n) is 4.53. The van der Waals surface area contributed by atoms with E-state index >= 15 is 0 Å². The zero-order chi connectivity index (χ0) is 13.2. The molecule has 102 valence electrons. The Labute approximate surface area is 107 Å². The van der Waals surface area contributed by atoms with Crippen molar-refractivity contribution in [1.29, 1.82) is 0 Å². The Morgan fingerprint density at radius 2 is 2.33 bits per heavy atom. The predicted molar refractivity (Wildman–Crippen MR) is 65.4 cm³/mol. The fraction of sp³-hybridized carbons (Fsp3) is 0.800. The van der Waals surface area contributed by atoms with Gasteiger partial charge in [-0.25, -0.2) is 13.1 Å². The first-order chi connectivity index (χ1) is 8.46. The molecular weight excluding hydrogens is 256 g/mol. The lowest BCUT2D eigenvalue weighted by atomic mass is 10.2. The Kier molecular flexibility index (Phi) is 3.98. The molecule has 0 radical (unpaired) electrons. The fourth-order valence-electron chi connectivity index (χ4n) is 2.21. The molecular formula is C10H18N4O3S. The van der Waals surface area contributed by atoms with Crippen molar-refractivity contribution < 1.29 is 12.9 Å². The predicted octanol–water partition coefficient (Wildman–Crippen LogP) is 0.0641. The highest BCUT2D eigenvalue weighted by atomic mass is 32.2. The highest BCUT2D eigenvalue weighted by molar-refractivity contribution is 7.88. The zero-order valence-corrected chi connectivity index (χ0v) is 11.4. The summed E-state index contributed by atoms with van der Waals surface area (Å²) in [6.07, 6.45) is 3.21. The van der Waals surface area contributed by atoms with Gasteiger partial charge >= 0.3 is 0 Å². The lowest BCUT2D eigenvalue weighted by Gasteiger charge is -2.21. The molecule has 0 aliphatic carbocycles. The number of hydrogen-bond acceptors (Lipinski definition) is 6. The van der Waals surface area contributed by atoms with Crippen LogP contribution in [0.5, 0.6) is 0 Å². The second-order valence-corrected chi connectivity index (χ2v) is 6.37. The van der Waals surface area contributed by atoms with Crippen LogP contribution in [-0.2, 0) is 10.0 Å². The minimum Gasteiger partial charge on any atom is -0.340 e. The Balaban J connectivity index is 1.92. The number of rotatable bonds is 5. The number of hydrogen-bond donors (Lipinski definition) is 1. The molecule has 1 aromatic rings. The van der Waals surface area contributed by atoms with Crippen molar-refractivity contribution in [3.8, 4) is 0 Å². The van der Waals surface area contributed by atoms with Crippen LogP contribution in [0, 0.1) is 6.92 Å². The van der Waals surface area contributed by atoms with Crippen molar-refractivity contribution >= 4 is 10.0 Å². The average Bonchev–Trinajstić information content (AvgIpc) is 2.84. The highest BCUT2D eigenvalue weighted by Crippen LogP contribution is 2.29. The van der Waals surface area contributed by atoms with Gasteiger partial charge in [-0.05, 0) is 19.4 Å². The summed E-state index contributed by atoms with van der Waals surface area (Å²) in [6.45, 7) is 3.77. The molecule has 0 spiro atoms. The first kappa shape index (κ1) is 13.4. The smallest absolute Gasteiger partial charge is 0.223 e. The van der Waals surface area contributed by atoms with Crippen LogP contribution >= 0.6 is 0 Å². The Morgan fingerprint density at radius 1 is 1.56 bits per heavy atom. The largest absolute Gasteiger partial charge is 0.340 e. The molecule has 0 amide bonds. The lowest BCUT2D eigenvalue weighted by molar-refractivity contribution is 0.246. The molecule has 0 unspecified atom stereocenters. The summed E-state index contributed by atoms with van der Waals surface area (Å²) in [5, 5.41) is 3.94. The van der Waals surface area contributed by atoms with Gasteiger partial charge in [0.25, 0.3) is 0 Å². The van der Waals surface area contributed by atoms with Crippen LogP contribution in [0.25, 0.3) is 0 Å². The van der Waals surface area contributed by atoms with E-state index in [-0.39, 0.29) is 6.04 Å². The van der Waals surface area contributed by atoms with E-state index in [2.05, 4.69) is 19.8 Å². The van der Waals surface area contributed by atoms with E-state index in [1.54, 1.807) is 6.92 Å². The van der Waals surface area contributed by atoms with Gasteiger partial charge in [0.1, 0.15) is 0 Å². The van der Waals surface area contributed by atoms with Crippen molar-refractivity contribution in [1.82, 2.24) is 19.8 Å². The van der Waals surface area contributed by atoms with Gasteiger partial charge in [-0.15, -0.1) is 0 Å². The van der Waals surface area contributed by atoms with Crippen LogP contribution in [0.2, 0.25) is 0 Å². The number of aryl methyl sites for hydroxylation is 1. The summed E-state index contributed by atoms with van der Waals surface area (Å²) in [6, 6.07) is 0.142. The molecule has 1 aliphatic rings. The molecule has 2 rings (SSSR count). The monoisotopic (exact) mass is 274 g/mol. The van der Waals surface area contributed by atoms with Crippen LogP contribution in [-0.4, -0.2) is 49.3 Å². The van der Waals surface area contributed by atoms with Crippen LogP contribution in [0.4, 0.5) is 0 Å². The highest BCUT2D eigenvalue weighted by Gasteiger charge is 2.29. The van der Waals surface area contributed by atoms with Crippen molar-refractivity contribution in [3.05, 3.63) is 11.7 Å². The Bertz CT molecular complexity index is 499. The molecule has 7 nitrogen and oxygen atoms in total. The topological polar surface area (TPSA) is 88.3 Å². The summed E-state index contributed by atoms with van der Waals surface area (Å²) >= 11 is 0. The molecule has 0 bridgehead atoms. The molecule has 1 atom stereocenters. The first-order valence-electron chi connectivity index (χ1n) is 5.94. The van der Waals surface area contributed by atoms with Crippen molar-refractivity contribution in [2.75, 3.05) is 25.9 Å². The number of nitrogens with one attached hydrogen (secondary N) is 1. The number of sulfonamides is 1. The van der Waals surface area contributed by atoms with Gasteiger partial charge in [0.15, 0.2) is 5.82 Å². The zero-order valence-electron chi connectivity index (χ0n) is 10.6. The van der Waals surface area contributed by atoms with Crippen LogP contribution in [0.3, 0.4) is 0 Å². The standard InChI is InChI=1S/C10H18N4O3S/c1-8-12-10(13-17-8)9-4-3-6-14(9)7-5-11-18(2,15)16/h9,11H,3-7H2,1-2H3/t9-/m0/s1. The summed E-state index contributed by atoms with van der Waals surface area (Å²) in [4.78, 5) is 6.42. The molecule has 1 saturated heterocycles. The van der Waals surface area contributed by atoms with Gasteiger partial charge in [0.2, 0.25) is 15.9 Å². The molecule has 1 N–H and O–H groups in total. The van der Waals surface area contributed by atoms with Gasteiger partial charge in [0.05, 0.1) is 12.3 Å². The quantitative estimate of drug-likeness (QED) is 0.817. The molecule has 0 saturated carbocycles. The van der Waals surface area contributed by atoms with E-state index in [1.807, 2.05) is 0 Å². The minimum absolute atomic E-state index is 0.142. The third kappa shape index (κ3) is 3.50. The molecule has 1 fully saturated rings. The molecule has 0 aromatic carbocycles. The van der Waals surface area contributed by atoms with E-state index < -0.39 is 10.0 Å². The maximum Gasteiger partial charge on any atom is 0.223 e. The molecule has 1 aliphatic heterocycles. The van der Waals surface area contributed by atoms with Crippen LogP contribution in [0.15, 0.2) is 4.52 Å². The van der Waals surface area contributed by atoms with Gasteiger partial charge in [-0.3, -0.25) is 4.90 Å². The first-order valence-corrected chi connectivity index (χ1v) is 7.84. The maximum absolute atomic E-state index is 11.0. The number of nitrogens with zero attached hydrogens (tertiary/aromatic N) is 3. The van der Waals surface area contributed by atoms with Gasteiger partial charge in [-0.2, -0.15) is 4.98 Å². The Hall–Kier alpha value is -0.990. The summed E-state index contributed by atoms with van der Waals surface area (Å²) < 4.78 is 29.5. The molecule has 2 heterocycles. The number of likely N-dealkylation sites (tertiary alicyclic amines) is 1. The van der Waals surface area contributed by atoms with E-state index in [1.165, 1.54) is 0 Å². The molecule has 18 heavy (non-hydrogen) atoms. The molecule has 1 aromatic heterocycles. The summed E-state index contributed by atoms with van der Waals surface area (Å²) in [5.41, 5.74) is 0. The van der Waals surface area contributed by atoms with Gasteiger partial charge in [-0.1, -0.05) is 5.16 Å². The van der Waals surface area contributed by atoms with E-state index in [0.717, 1.165) is 25.6 Å². The molecule has 8 heteroatoms. The average molecular weight is 274 g/mol. The van der Waals surface area contributed by atoms with Gasteiger partial charge < -0.3 is 4.52 Å². The van der Waals surface area contributed by atoms with Crippen molar-refractivity contribution in [2.24, 2.45) is 0 Å². The third-order valence-corrected chi connectivity index (χ3v) is 3.70. The normalized spacial score (nSPS) is 21.6. The van der Waals surface area contributed by atoms with E-state index in [4.69, 9.17) is 4.52 Å². The maximum atomic E-state index is 11.0. The second kappa shape index (κ2) is 5.33.